The van der Waals surface area contributed by atoms with Crippen molar-refractivity contribution in [1.82, 2.24) is 5.32 Å². The highest BCUT2D eigenvalue weighted by atomic mass is 35.5. The second kappa shape index (κ2) is 6.64. The summed E-state index contributed by atoms with van der Waals surface area (Å²) in [5.74, 6) is 1.45. The molecule has 1 unspecified atom stereocenters. The van der Waals surface area contributed by atoms with Gasteiger partial charge in [0.15, 0.2) is 11.5 Å². The van der Waals surface area contributed by atoms with Crippen LogP contribution < -0.4 is 14.8 Å². The molecule has 0 aromatic heterocycles. The summed E-state index contributed by atoms with van der Waals surface area (Å²) in [5.41, 5.74) is 2.09. The molecule has 0 saturated heterocycles. The van der Waals surface area contributed by atoms with E-state index in [-0.39, 0.29) is 6.04 Å². The number of rotatable bonds is 5. The van der Waals surface area contributed by atoms with Gasteiger partial charge in [-0.15, -0.1) is 0 Å². The zero-order chi connectivity index (χ0) is 14.5. The van der Waals surface area contributed by atoms with Crippen molar-refractivity contribution in [3.05, 3.63) is 58.6 Å². The van der Waals surface area contributed by atoms with Gasteiger partial charge in [0.25, 0.3) is 0 Å². The van der Waals surface area contributed by atoms with Gasteiger partial charge in [-0.05, 0) is 30.8 Å². The van der Waals surface area contributed by atoms with Crippen LogP contribution in [0.15, 0.2) is 42.5 Å². The van der Waals surface area contributed by atoms with Gasteiger partial charge in [0, 0.05) is 10.6 Å². The lowest BCUT2D eigenvalue weighted by Gasteiger charge is -2.21. The van der Waals surface area contributed by atoms with Crippen LogP contribution in [0.25, 0.3) is 0 Å². The molecule has 4 heteroatoms. The number of nitrogens with one attached hydrogen (secondary N) is 1. The Bertz CT molecular complexity index is 586. The minimum atomic E-state index is -0.0150. The van der Waals surface area contributed by atoms with Crippen LogP contribution in [0, 0.1) is 0 Å². The van der Waals surface area contributed by atoms with Crippen molar-refractivity contribution >= 4 is 11.6 Å². The molecule has 0 fully saturated rings. The Kier molecular flexibility index (Phi) is 4.88. The van der Waals surface area contributed by atoms with Crippen molar-refractivity contribution in [1.29, 1.82) is 0 Å². The largest absolute Gasteiger partial charge is 0.493 e. The maximum Gasteiger partial charge on any atom is 0.165 e. The number of halogens is 1. The van der Waals surface area contributed by atoms with Crippen LogP contribution in [-0.2, 0) is 0 Å². The summed E-state index contributed by atoms with van der Waals surface area (Å²) in [4.78, 5) is 0. The molecule has 20 heavy (non-hydrogen) atoms. The Labute approximate surface area is 124 Å². The van der Waals surface area contributed by atoms with Crippen LogP contribution in [0.4, 0.5) is 0 Å². The standard InChI is InChI=1S/C16H18ClNO2/c1-18-15(11-6-4-7-12(17)10-11)13-8-5-9-14(19-2)16(13)20-3/h4-10,15,18H,1-3H3. The van der Waals surface area contributed by atoms with E-state index in [1.54, 1.807) is 14.2 Å². The SMILES string of the molecule is CNC(c1cccc(Cl)c1)c1cccc(OC)c1OC. The molecule has 0 spiro atoms. The fourth-order valence-electron chi connectivity index (χ4n) is 2.33. The Morgan fingerprint density at radius 3 is 2.40 bits per heavy atom. The lowest BCUT2D eigenvalue weighted by Crippen LogP contribution is -2.18. The van der Waals surface area contributed by atoms with Gasteiger partial charge in [-0.2, -0.15) is 0 Å². The van der Waals surface area contributed by atoms with Crippen molar-refractivity contribution in [2.24, 2.45) is 0 Å². The Hall–Kier alpha value is -1.71. The van der Waals surface area contributed by atoms with E-state index in [9.17, 15) is 0 Å². The number of para-hydroxylation sites is 1. The maximum absolute atomic E-state index is 6.08. The molecule has 0 aliphatic carbocycles. The van der Waals surface area contributed by atoms with E-state index < -0.39 is 0 Å². The van der Waals surface area contributed by atoms with Gasteiger partial charge in [-0.3, -0.25) is 0 Å². The first kappa shape index (κ1) is 14.7. The Balaban J connectivity index is 2.52. The molecule has 0 aliphatic rings. The molecular weight excluding hydrogens is 274 g/mol. The van der Waals surface area contributed by atoms with Crippen molar-refractivity contribution in [2.75, 3.05) is 21.3 Å². The third-order valence-electron chi connectivity index (χ3n) is 3.22. The highest BCUT2D eigenvalue weighted by Crippen LogP contribution is 2.37. The van der Waals surface area contributed by atoms with E-state index in [2.05, 4.69) is 5.32 Å². The molecule has 0 heterocycles. The second-order valence-corrected chi connectivity index (χ2v) is 4.80. The monoisotopic (exact) mass is 291 g/mol. The molecule has 0 saturated carbocycles. The van der Waals surface area contributed by atoms with Crippen molar-refractivity contribution in [3.8, 4) is 11.5 Å². The van der Waals surface area contributed by atoms with Gasteiger partial charge in [-0.25, -0.2) is 0 Å². The highest BCUT2D eigenvalue weighted by Gasteiger charge is 2.19. The normalized spacial score (nSPS) is 12.0. The topological polar surface area (TPSA) is 30.5 Å². The van der Waals surface area contributed by atoms with Crippen LogP contribution in [0.1, 0.15) is 17.2 Å². The first-order valence-electron chi connectivity index (χ1n) is 6.35. The quantitative estimate of drug-likeness (QED) is 0.912. The molecule has 3 nitrogen and oxygen atoms in total. The van der Waals surface area contributed by atoms with Crippen molar-refractivity contribution in [3.63, 3.8) is 0 Å². The molecule has 106 valence electrons. The molecule has 2 aromatic carbocycles. The Morgan fingerprint density at radius 2 is 1.80 bits per heavy atom. The first-order chi connectivity index (χ1) is 9.71. The average Bonchev–Trinajstić information content (AvgIpc) is 2.47. The Morgan fingerprint density at radius 1 is 1.05 bits per heavy atom. The van der Waals surface area contributed by atoms with E-state index in [1.807, 2.05) is 49.5 Å². The minimum absolute atomic E-state index is 0.0150. The van der Waals surface area contributed by atoms with Crippen LogP contribution in [-0.4, -0.2) is 21.3 Å². The predicted octanol–water partition coefficient (Wildman–Crippen LogP) is 3.67. The molecular formula is C16H18ClNO2. The number of ether oxygens (including phenoxy) is 2. The first-order valence-corrected chi connectivity index (χ1v) is 6.72. The zero-order valence-electron chi connectivity index (χ0n) is 11.8. The molecule has 2 rings (SSSR count). The van der Waals surface area contributed by atoms with Crippen molar-refractivity contribution < 1.29 is 9.47 Å². The number of methoxy groups -OCH3 is 2. The van der Waals surface area contributed by atoms with Gasteiger partial charge in [0.1, 0.15) is 0 Å². The highest BCUT2D eigenvalue weighted by molar-refractivity contribution is 6.30. The van der Waals surface area contributed by atoms with Gasteiger partial charge >= 0.3 is 0 Å². The molecule has 0 aliphatic heterocycles. The van der Waals surface area contributed by atoms with Crippen LogP contribution in [0.3, 0.4) is 0 Å². The molecule has 0 bridgehead atoms. The third kappa shape index (κ3) is 2.89. The van der Waals surface area contributed by atoms with Gasteiger partial charge in [-0.1, -0.05) is 35.9 Å². The van der Waals surface area contributed by atoms with Gasteiger partial charge < -0.3 is 14.8 Å². The smallest absolute Gasteiger partial charge is 0.165 e. The number of benzene rings is 2. The molecule has 0 radical (unpaired) electrons. The maximum atomic E-state index is 6.08. The summed E-state index contributed by atoms with van der Waals surface area (Å²) in [6.45, 7) is 0. The zero-order valence-corrected chi connectivity index (χ0v) is 12.6. The van der Waals surface area contributed by atoms with Crippen LogP contribution in [0.2, 0.25) is 5.02 Å². The second-order valence-electron chi connectivity index (χ2n) is 4.36. The number of hydrogen-bond acceptors (Lipinski definition) is 3. The van der Waals surface area contributed by atoms with Gasteiger partial charge in [0.05, 0.1) is 20.3 Å². The third-order valence-corrected chi connectivity index (χ3v) is 3.45. The van der Waals surface area contributed by atoms with E-state index in [4.69, 9.17) is 21.1 Å². The summed E-state index contributed by atoms with van der Waals surface area (Å²) < 4.78 is 10.9. The molecule has 1 N–H and O–H groups in total. The van der Waals surface area contributed by atoms with Crippen LogP contribution in [0.5, 0.6) is 11.5 Å². The van der Waals surface area contributed by atoms with E-state index in [0.717, 1.165) is 16.9 Å². The summed E-state index contributed by atoms with van der Waals surface area (Å²) in [7, 11) is 5.19. The van der Waals surface area contributed by atoms with E-state index in [0.29, 0.717) is 10.8 Å². The summed E-state index contributed by atoms with van der Waals surface area (Å²) in [6, 6.07) is 13.6. The fourth-order valence-corrected chi connectivity index (χ4v) is 2.53. The molecule has 0 amide bonds. The summed E-state index contributed by atoms with van der Waals surface area (Å²) in [5, 5.41) is 4.01. The molecule has 2 aromatic rings. The van der Waals surface area contributed by atoms with Crippen molar-refractivity contribution in [2.45, 2.75) is 6.04 Å². The minimum Gasteiger partial charge on any atom is -0.493 e. The van der Waals surface area contributed by atoms with E-state index in [1.165, 1.54) is 0 Å². The average molecular weight is 292 g/mol. The van der Waals surface area contributed by atoms with Crippen LogP contribution >= 0.6 is 11.6 Å². The lowest BCUT2D eigenvalue weighted by atomic mass is 9.97. The molecule has 1 atom stereocenters. The summed E-state index contributed by atoms with van der Waals surface area (Å²) in [6.07, 6.45) is 0. The lowest BCUT2D eigenvalue weighted by molar-refractivity contribution is 0.349. The fraction of sp³-hybridized carbons (Fsp3) is 0.250. The van der Waals surface area contributed by atoms with E-state index >= 15 is 0 Å². The number of hydrogen-bond donors (Lipinski definition) is 1. The predicted molar refractivity (Wildman–Crippen MR) is 81.9 cm³/mol. The van der Waals surface area contributed by atoms with Gasteiger partial charge in [0.2, 0.25) is 0 Å². The summed E-state index contributed by atoms with van der Waals surface area (Å²) >= 11 is 6.08.